The fourth-order valence-electron chi connectivity index (χ4n) is 1.63. The van der Waals surface area contributed by atoms with Crippen LogP contribution in [0.3, 0.4) is 0 Å². The van der Waals surface area contributed by atoms with Crippen LogP contribution in [-0.2, 0) is 16.6 Å². The molecule has 2 aromatic carbocycles. The zero-order valence-corrected chi connectivity index (χ0v) is 10.5. The van der Waals surface area contributed by atoms with E-state index in [0.29, 0.717) is 0 Å². The van der Waals surface area contributed by atoms with Crippen LogP contribution in [0.2, 0.25) is 0 Å². The minimum atomic E-state index is -2.02. The minimum absolute atomic E-state index is 0.0957. The maximum Gasteiger partial charge on any atom is 0.144 e. The van der Waals surface area contributed by atoms with Crippen LogP contribution < -0.4 is 5.73 Å². The van der Waals surface area contributed by atoms with Crippen molar-refractivity contribution in [3.8, 4) is 0 Å². The van der Waals surface area contributed by atoms with Crippen molar-refractivity contribution < 1.29 is 17.4 Å². The fourth-order valence-corrected chi connectivity index (χ4v) is 2.84. The predicted octanol–water partition coefficient (Wildman–Crippen LogP) is 2.99. The summed E-state index contributed by atoms with van der Waals surface area (Å²) in [4.78, 5) is -0.586. The Labute approximate surface area is 110 Å². The lowest BCUT2D eigenvalue weighted by atomic mass is 10.2. The monoisotopic (exact) mass is 285 g/mol. The highest BCUT2D eigenvalue weighted by Crippen LogP contribution is 2.23. The van der Waals surface area contributed by atoms with Gasteiger partial charge in [-0.15, -0.1) is 0 Å². The molecule has 0 aliphatic carbocycles. The highest BCUT2D eigenvalue weighted by molar-refractivity contribution is 7.84. The highest BCUT2D eigenvalue weighted by Gasteiger charge is 2.18. The van der Waals surface area contributed by atoms with Gasteiger partial charge in [0.15, 0.2) is 0 Å². The van der Waals surface area contributed by atoms with Crippen LogP contribution in [0.4, 0.5) is 18.9 Å². The standard InChI is InChI=1S/C13H10F3NOS/c14-10-4-2-1-3-8(10)7-19(18)13-11(15)5-9(17)6-12(13)16/h1-6H,7,17H2. The Kier molecular flexibility index (Phi) is 3.90. The van der Waals surface area contributed by atoms with Gasteiger partial charge >= 0.3 is 0 Å². The topological polar surface area (TPSA) is 43.1 Å². The molecule has 0 amide bonds. The second kappa shape index (κ2) is 5.44. The van der Waals surface area contributed by atoms with Gasteiger partial charge in [0.25, 0.3) is 0 Å². The van der Waals surface area contributed by atoms with E-state index < -0.39 is 33.1 Å². The molecule has 0 aliphatic rings. The molecule has 0 saturated heterocycles. The molecule has 0 aliphatic heterocycles. The molecule has 0 saturated carbocycles. The maximum absolute atomic E-state index is 13.6. The average molecular weight is 285 g/mol. The number of benzene rings is 2. The molecule has 1 unspecified atom stereocenters. The van der Waals surface area contributed by atoms with Gasteiger partial charge in [0.1, 0.15) is 22.3 Å². The van der Waals surface area contributed by atoms with Crippen LogP contribution in [0.15, 0.2) is 41.3 Å². The van der Waals surface area contributed by atoms with Gasteiger partial charge in [0.05, 0.1) is 16.6 Å². The van der Waals surface area contributed by atoms with E-state index in [9.17, 15) is 17.4 Å². The van der Waals surface area contributed by atoms with Gasteiger partial charge in [0.2, 0.25) is 0 Å². The highest BCUT2D eigenvalue weighted by atomic mass is 32.2. The van der Waals surface area contributed by atoms with Gasteiger partial charge in [-0.05, 0) is 18.2 Å². The van der Waals surface area contributed by atoms with E-state index in [1.807, 2.05) is 0 Å². The van der Waals surface area contributed by atoms with Crippen molar-refractivity contribution in [1.82, 2.24) is 0 Å². The first kappa shape index (κ1) is 13.6. The van der Waals surface area contributed by atoms with Gasteiger partial charge in [-0.25, -0.2) is 13.2 Å². The Morgan fingerprint density at radius 3 is 2.16 bits per heavy atom. The second-order valence-corrected chi connectivity index (χ2v) is 5.28. The zero-order chi connectivity index (χ0) is 14.0. The summed E-state index contributed by atoms with van der Waals surface area (Å²) in [6.07, 6.45) is 0. The summed E-state index contributed by atoms with van der Waals surface area (Å²) in [5.41, 5.74) is 5.31. The number of anilines is 1. The molecule has 0 fully saturated rings. The molecule has 0 aromatic heterocycles. The van der Waals surface area contributed by atoms with Crippen molar-refractivity contribution >= 4 is 16.5 Å². The molecule has 2 rings (SSSR count). The van der Waals surface area contributed by atoms with E-state index in [1.54, 1.807) is 6.07 Å². The predicted molar refractivity (Wildman–Crippen MR) is 67.3 cm³/mol. The molecule has 6 heteroatoms. The largest absolute Gasteiger partial charge is 0.399 e. The summed E-state index contributed by atoms with van der Waals surface area (Å²) in [6.45, 7) is 0. The molecule has 19 heavy (non-hydrogen) atoms. The minimum Gasteiger partial charge on any atom is -0.399 e. The quantitative estimate of drug-likeness (QED) is 0.881. The summed E-state index contributed by atoms with van der Waals surface area (Å²) in [6, 6.07) is 7.43. The van der Waals surface area contributed by atoms with Crippen LogP contribution in [-0.4, -0.2) is 4.21 Å². The van der Waals surface area contributed by atoms with Crippen molar-refractivity contribution in [3.63, 3.8) is 0 Å². The molecule has 0 bridgehead atoms. The van der Waals surface area contributed by atoms with E-state index in [-0.39, 0.29) is 17.0 Å². The number of nitrogens with two attached hydrogens (primary N) is 1. The van der Waals surface area contributed by atoms with E-state index in [2.05, 4.69) is 0 Å². The summed E-state index contributed by atoms with van der Waals surface area (Å²) >= 11 is 0. The Morgan fingerprint density at radius 2 is 1.58 bits per heavy atom. The van der Waals surface area contributed by atoms with Gasteiger partial charge in [-0.1, -0.05) is 18.2 Å². The van der Waals surface area contributed by atoms with Crippen molar-refractivity contribution in [2.75, 3.05) is 5.73 Å². The third-order valence-electron chi connectivity index (χ3n) is 2.49. The van der Waals surface area contributed by atoms with Gasteiger partial charge in [0, 0.05) is 11.3 Å². The molecular weight excluding hydrogens is 275 g/mol. The average Bonchev–Trinajstić information content (AvgIpc) is 2.30. The first-order valence-electron chi connectivity index (χ1n) is 5.35. The molecule has 100 valence electrons. The van der Waals surface area contributed by atoms with Crippen molar-refractivity contribution in [3.05, 3.63) is 59.4 Å². The number of halogens is 3. The third kappa shape index (κ3) is 2.96. The van der Waals surface area contributed by atoms with Gasteiger partial charge in [-0.3, -0.25) is 4.21 Å². The SMILES string of the molecule is Nc1cc(F)c(S(=O)Cc2ccccc2F)c(F)c1. The molecule has 2 nitrogen and oxygen atoms in total. The first-order chi connectivity index (χ1) is 8.99. The Hall–Kier alpha value is -1.82. The third-order valence-corrected chi connectivity index (χ3v) is 3.91. The molecule has 2 N–H and O–H groups in total. The van der Waals surface area contributed by atoms with Crippen LogP contribution >= 0.6 is 0 Å². The smallest absolute Gasteiger partial charge is 0.144 e. The van der Waals surface area contributed by atoms with Crippen LogP contribution in [0.1, 0.15) is 5.56 Å². The number of hydrogen-bond acceptors (Lipinski definition) is 2. The van der Waals surface area contributed by atoms with Crippen LogP contribution in [0, 0.1) is 17.5 Å². The van der Waals surface area contributed by atoms with Gasteiger partial charge < -0.3 is 5.73 Å². The number of hydrogen-bond donors (Lipinski definition) is 1. The van der Waals surface area contributed by atoms with Crippen LogP contribution in [0.25, 0.3) is 0 Å². The molecule has 1 atom stereocenters. The molecule has 2 aromatic rings. The van der Waals surface area contributed by atoms with Crippen molar-refractivity contribution in [2.45, 2.75) is 10.6 Å². The van der Waals surface area contributed by atoms with Crippen LogP contribution in [0.5, 0.6) is 0 Å². The lowest BCUT2D eigenvalue weighted by molar-refractivity contribution is 0.535. The Balaban J connectivity index is 2.34. The zero-order valence-electron chi connectivity index (χ0n) is 9.70. The first-order valence-corrected chi connectivity index (χ1v) is 6.67. The number of rotatable bonds is 3. The summed E-state index contributed by atoms with van der Waals surface area (Å²) in [7, 11) is -2.02. The molecule has 0 heterocycles. The fraction of sp³-hybridized carbons (Fsp3) is 0.0769. The van der Waals surface area contributed by atoms with Gasteiger partial charge in [-0.2, -0.15) is 0 Å². The maximum atomic E-state index is 13.6. The summed E-state index contributed by atoms with van der Waals surface area (Å²) in [5, 5.41) is 0. The Morgan fingerprint density at radius 1 is 1.00 bits per heavy atom. The van der Waals surface area contributed by atoms with E-state index in [1.165, 1.54) is 18.2 Å². The lowest BCUT2D eigenvalue weighted by Gasteiger charge is -2.07. The van der Waals surface area contributed by atoms with E-state index in [0.717, 1.165) is 12.1 Å². The number of nitrogen functional groups attached to an aromatic ring is 1. The molecular formula is C13H10F3NOS. The Bertz CT molecular complexity index is 623. The molecule has 0 spiro atoms. The summed E-state index contributed by atoms with van der Waals surface area (Å²) < 4.78 is 52.4. The van der Waals surface area contributed by atoms with E-state index in [4.69, 9.17) is 5.73 Å². The van der Waals surface area contributed by atoms with Crippen molar-refractivity contribution in [1.29, 1.82) is 0 Å². The van der Waals surface area contributed by atoms with Crippen molar-refractivity contribution in [2.24, 2.45) is 0 Å². The summed E-state index contributed by atoms with van der Waals surface area (Å²) in [5.74, 6) is -2.85. The lowest BCUT2D eigenvalue weighted by Crippen LogP contribution is -2.05. The molecule has 0 radical (unpaired) electrons. The van der Waals surface area contributed by atoms with E-state index >= 15 is 0 Å². The normalized spacial score (nSPS) is 12.4. The second-order valence-electron chi connectivity index (χ2n) is 3.89.